The minimum absolute atomic E-state index is 0.0209. The molecule has 0 spiro atoms. The van der Waals surface area contributed by atoms with E-state index in [4.69, 9.17) is 5.73 Å². The second-order valence-corrected chi connectivity index (χ2v) is 4.40. The third-order valence-corrected chi connectivity index (χ3v) is 2.93. The number of hydrogen-bond donors (Lipinski definition) is 2. The summed E-state index contributed by atoms with van der Waals surface area (Å²) >= 11 is 0. The standard InChI is InChI=1S/C13H20N2O/c1-8-6-5-7-9(2)12(8)15-13(16)10(3)11(4)14/h5-7,10-11H,14H2,1-4H3,(H,15,16). The maximum Gasteiger partial charge on any atom is 0.228 e. The lowest BCUT2D eigenvalue weighted by Gasteiger charge is -2.17. The Morgan fingerprint density at radius 3 is 2.19 bits per heavy atom. The highest BCUT2D eigenvalue weighted by atomic mass is 16.1. The number of hydrogen-bond acceptors (Lipinski definition) is 2. The van der Waals surface area contributed by atoms with Crippen LogP contribution in [0, 0.1) is 19.8 Å². The zero-order valence-corrected chi connectivity index (χ0v) is 10.4. The van der Waals surface area contributed by atoms with E-state index in [2.05, 4.69) is 5.32 Å². The van der Waals surface area contributed by atoms with E-state index < -0.39 is 0 Å². The van der Waals surface area contributed by atoms with Crippen LogP contribution in [-0.2, 0) is 4.79 Å². The smallest absolute Gasteiger partial charge is 0.228 e. The van der Waals surface area contributed by atoms with Crippen molar-refractivity contribution in [3.05, 3.63) is 29.3 Å². The van der Waals surface area contributed by atoms with Gasteiger partial charge in [-0.25, -0.2) is 0 Å². The lowest BCUT2D eigenvalue weighted by Crippen LogP contribution is -2.34. The van der Waals surface area contributed by atoms with Crippen LogP contribution in [0.2, 0.25) is 0 Å². The Bertz CT molecular complexity index is 365. The van der Waals surface area contributed by atoms with Crippen molar-refractivity contribution in [1.82, 2.24) is 0 Å². The number of rotatable bonds is 3. The molecule has 0 saturated heterocycles. The van der Waals surface area contributed by atoms with Gasteiger partial charge in [-0.05, 0) is 31.9 Å². The molecular weight excluding hydrogens is 200 g/mol. The van der Waals surface area contributed by atoms with Gasteiger partial charge in [0.15, 0.2) is 0 Å². The summed E-state index contributed by atoms with van der Waals surface area (Å²) in [4.78, 5) is 11.9. The Labute approximate surface area is 97.0 Å². The monoisotopic (exact) mass is 220 g/mol. The van der Waals surface area contributed by atoms with Gasteiger partial charge in [-0.1, -0.05) is 25.1 Å². The van der Waals surface area contributed by atoms with Crippen LogP contribution in [-0.4, -0.2) is 11.9 Å². The maximum atomic E-state index is 11.9. The van der Waals surface area contributed by atoms with Crippen molar-refractivity contribution in [2.24, 2.45) is 11.7 Å². The fraction of sp³-hybridized carbons (Fsp3) is 0.462. The van der Waals surface area contributed by atoms with Crippen LogP contribution < -0.4 is 11.1 Å². The molecule has 88 valence electrons. The van der Waals surface area contributed by atoms with Gasteiger partial charge in [0.1, 0.15) is 0 Å². The molecule has 0 heterocycles. The fourth-order valence-electron chi connectivity index (χ4n) is 1.49. The molecule has 0 fully saturated rings. The molecule has 1 amide bonds. The average molecular weight is 220 g/mol. The van der Waals surface area contributed by atoms with E-state index in [1.807, 2.05) is 45.9 Å². The predicted octanol–water partition coefficient (Wildman–Crippen LogP) is 2.23. The van der Waals surface area contributed by atoms with Crippen LogP contribution in [0.4, 0.5) is 5.69 Å². The molecule has 0 aliphatic rings. The molecule has 3 nitrogen and oxygen atoms in total. The van der Waals surface area contributed by atoms with Crippen molar-refractivity contribution >= 4 is 11.6 Å². The zero-order valence-electron chi connectivity index (χ0n) is 10.4. The summed E-state index contributed by atoms with van der Waals surface area (Å²) in [6.07, 6.45) is 0. The molecule has 1 aromatic carbocycles. The number of benzene rings is 1. The van der Waals surface area contributed by atoms with Crippen LogP contribution in [0.15, 0.2) is 18.2 Å². The molecule has 3 N–H and O–H groups in total. The van der Waals surface area contributed by atoms with Crippen LogP contribution in [0.5, 0.6) is 0 Å². The van der Waals surface area contributed by atoms with Crippen LogP contribution in [0.1, 0.15) is 25.0 Å². The lowest BCUT2D eigenvalue weighted by molar-refractivity contribution is -0.119. The molecule has 0 aromatic heterocycles. The van der Waals surface area contributed by atoms with Gasteiger partial charge in [0.05, 0.1) is 5.92 Å². The quantitative estimate of drug-likeness (QED) is 0.820. The van der Waals surface area contributed by atoms with Crippen LogP contribution in [0.3, 0.4) is 0 Å². The van der Waals surface area contributed by atoms with Crippen molar-refractivity contribution < 1.29 is 4.79 Å². The van der Waals surface area contributed by atoms with Gasteiger partial charge in [0.25, 0.3) is 0 Å². The van der Waals surface area contributed by atoms with Gasteiger partial charge in [0.2, 0.25) is 5.91 Å². The van der Waals surface area contributed by atoms with E-state index in [1.54, 1.807) is 0 Å². The summed E-state index contributed by atoms with van der Waals surface area (Å²) in [6.45, 7) is 7.65. The highest BCUT2D eigenvalue weighted by Gasteiger charge is 2.18. The second-order valence-electron chi connectivity index (χ2n) is 4.40. The Morgan fingerprint density at radius 2 is 1.75 bits per heavy atom. The minimum Gasteiger partial charge on any atom is -0.327 e. The molecular formula is C13H20N2O. The lowest BCUT2D eigenvalue weighted by atomic mass is 10.0. The molecule has 0 radical (unpaired) electrons. The third kappa shape index (κ3) is 2.83. The van der Waals surface area contributed by atoms with Crippen molar-refractivity contribution in [2.45, 2.75) is 33.7 Å². The van der Waals surface area contributed by atoms with Gasteiger partial charge in [-0.2, -0.15) is 0 Å². The molecule has 0 aliphatic heterocycles. The average Bonchev–Trinajstić information content (AvgIpc) is 2.22. The molecule has 1 aromatic rings. The number of nitrogens with two attached hydrogens (primary N) is 1. The van der Waals surface area contributed by atoms with Gasteiger partial charge in [0, 0.05) is 11.7 Å². The normalized spacial score (nSPS) is 14.3. The number of carbonyl (C=O) groups excluding carboxylic acids is 1. The number of para-hydroxylation sites is 1. The van der Waals surface area contributed by atoms with Crippen molar-refractivity contribution in [3.63, 3.8) is 0 Å². The van der Waals surface area contributed by atoms with Crippen LogP contribution >= 0.6 is 0 Å². The van der Waals surface area contributed by atoms with Gasteiger partial charge in [-0.15, -0.1) is 0 Å². The maximum absolute atomic E-state index is 11.9. The van der Waals surface area contributed by atoms with E-state index in [1.165, 1.54) is 0 Å². The van der Waals surface area contributed by atoms with Crippen molar-refractivity contribution in [1.29, 1.82) is 0 Å². The molecule has 3 heteroatoms. The fourth-order valence-corrected chi connectivity index (χ4v) is 1.49. The first kappa shape index (κ1) is 12.7. The number of anilines is 1. The highest BCUT2D eigenvalue weighted by molar-refractivity contribution is 5.94. The van der Waals surface area contributed by atoms with Gasteiger partial charge < -0.3 is 11.1 Å². The first-order valence-electron chi connectivity index (χ1n) is 5.56. The Hall–Kier alpha value is -1.35. The second kappa shape index (κ2) is 5.12. The van der Waals surface area contributed by atoms with E-state index in [0.717, 1.165) is 16.8 Å². The number of aryl methyl sites for hydroxylation is 2. The summed E-state index contributed by atoms with van der Waals surface area (Å²) < 4.78 is 0. The van der Waals surface area contributed by atoms with Crippen LogP contribution in [0.25, 0.3) is 0 Å². The molecule has 2 unspecified atom stereocenters. The molecule has 0 bridgehead atoms. The predicted molar refractivity (Wildman–Crippen MR) is 67.4 cm³/mol. The molecule has 2 atom stereocenters. The SMILES string of the molecule is Cc1cccc(C)c1NC(=O)C(C)C(C)N. The minimum atomic E-state index is -0.181. The first-order chi connectivity index (χ1) is 7.43. The summed E-state index contributed by atoms with van der Waals surface area (Å²) in [5.41, 5.74) is 8.76. The van der Waals surface area contributed by atoms with E-state index in [9.17, 15) is 4.79 Å². The van der Waals surface area contributed by atoms with Gasteiger partial charge >= 0.3 is 0 Å². The molecule has 16 heavy (non-hydrogen) atoms. The highest BCUT2D eigenvalue weighted by Crippen LogP contribution is 2.20. The summed E-state index contributed by atoms with van der Waals surface area (Å²) in [7, 11) is 0. The van der Waals surface area contributed by atoms with Crippen molar-refractivity contribution in [3.8, 4) is 0 Å². The number of amides is 1. The zero-order chi connectivity index (χ0) is 12.3. The number of carbonyl (C=O) groups is 1. The molecule has 0 aliphatic carbocycles. The molecule has 0 saturated carbocycles. The topological polar surface area (TPSA) is 55.1 Å². The van der Waals surface area contributed by atoms with Crippen molar-refractivity contribution in [2.75, 3.05) is 5.32 Å². The first-order valence-corrected chi connectivity index (χ1v) is 5.56. The van der Waals surface area contributed by atoms with E-state index in [-0.39, 0.29) is 17.9 Å². The Kier molecular flexibility index (Phi) is 4.07. The Morgan fingerprint density at radius 1 is 1.25 bits per heavy atom. The summed E-state index contributed by atoms with van der Waals surface area (Å²) in [5, 5.41) is 2.94. The largest absolute Gasteiger partial charge is 0.327 e. The third-order valence-electron chi connectivity index (χ3n) is 2.93. The van der Waals surface area contributed by atoms with Gasteiger partial charge in [-0.3, -0.25) is 4.79 Å². The molecule has 1 rings (SSSR count). The number of nitrogens with one attached hydrogen (secondary N) is 1. The van der Waals surface area contributed by atoms with E-state index in [0.29, 0.717) is 0 Å². The summed E-state index contributed by atoms with van der Waals surface area (Å²) in [6, 6.07) is 5.82. The van der Waals surface area contributed by atoms with E-state index >= 15 is 0 Å². The Balaban J connectivity index is 2.85. The summed E-state index contributed by atoms with van der Waals surface area (Å²) in [5.74, 6) is -0.202.